The zero-order chi connectivity index (χ0) is 19.9. The van der Waals surface area contributed by atoms with Crippen molar-refractivity contribution >= 4 is 29.2 Å². The van der Waals surface area contributed by atoms with E-state index in [2.05, 4.69) is 34.4 Å². The first kappa shape index (κ1) is 20.0. The standard InChI is InChI=1S/C22H27FN4O/c1-3-27(4-2)13-5-12-24-17-7-9-18(10-8-17)25-15-20-19-14-16(23)6-11-21(19)26-22(20)28/h6-11,14-15,20,24H,3-5,12-13H2,1-2H3,(H,26,28). The Morgan fingerprint density at radius 3 is 2.64 bits per heavy atom. The molecule has 6 heteroatoms. The fourth-order valence-electron chi connectivity index (χ4n) is 3.31. The van der Waals surface area contributed by atoms with E-state index in [-0.39, 0.29) is 11.7 Å². The van der Waals surface area contributed by atoms with E-state index in [0.29, 0.717) is 11.3 Å². The number of hydrogen-bond acceptors (Lipinski definition) is 4. The highest BCUT2D eigenvalue weighted by molar-refractivity contribution is 6.12. The summed E-state index contributed by atoms with van der Waals surface area (Å²) in [6.07, 6.45) is 2.67. The summed E-state index contributed by atoms with van der Waals surface area (Å²) < 4.78 is 13.5. The lowest BCUT2D eigenvalue weighted by Gasteiger charge is -2.17. The number of anilines is 2. The lowest BCUT2D eigenvalue weighted by molar-refractivity contribution is -0.115. The van der Waals surface area contributed by atoms with Crippen molar-refractivity contribution in [2.45, 2.75) is 26.2 Å². The molecule has 3 rings (SSSR count). The van der Waals surface area contributed by atoms with E-state index in [9.17, 15) is 9.18 Å². The van der Waals surface area contributed by atoms with Gasteiger partial charge in [0.15, 0.2) is 0 Å². The first-order chi connectivity index (χ1) is 13.6. The summed E-state index contributed by atoms with van der Waals surface area (Å²) in [5, 5.41) is 6.17. The Morgan fingerprint density at radius 2 is 1.93 bits per heavy atom. The molecule has 148 valence electrons. The van der Waals surface area contributed by atoms with Gasteiger partial charge in [0.2, 0.25) is 5.91 Å². The molecule has 2 aromatic carbocycles. The number of halogens is 1. The predicted molar refractivity (Wildman–Crippen MR) is 113 cm³/mol. The van der Waals surface area contributed by atoms with Crippen LogP contribution in [0.4, 0.5) is 21.5 Å². The second-order valence-electron chi connectivity index (χ2n) is 6.83. The number of nitrogens with one attached hydrogen (secondary N) is 2. The molecule has 0 fully saturated rings. The fourth-order valence-corrected chi connectivity index (χ4v) is 3.31. The zero-order valence-electron chi connectivity index (χ0n) is 16.4. The van der Waals surface area contributed by atoms with Crippen molar-refractivity contribution in [2.75, 3.05) is 36.8 Å². The maximum atomic E-state index is 13.5. The smallest absolute Gasteiger partial charge is 0.237 e. The Labute approximate surface area is 165 Å². The molecule has 1 unspecified atom stereocenters. The van der Waals surface area contributed by atoms with Crippen molar-refractivity contribution in [3.63, 3.8) is 0 Å². The number of fused-ring (bicyclic) bond motifs is 1. The van der Waals surface area contributed by atoms with Gasteiger partial charge in [-0.1, -0.05) is 13.8 Å². The molecule has 2 aromatic rings. The molecule has 1 heterocycles. The molecule has 0 spiro atoms. The van der Waals surface area contributed by atoms with E-state index in [1.54, 1.807) is 12.3 Å². The first-order valence-corrected chi connectivity index (χ1v) is 9.81. The van der Waals surface area contributed by atoms with E-state index in [0.717, 1.165) is 44.0 Å². The van der Waals surface area contributed by atoms with Gasteiger partial charge in [-0.15, -0.1) is 0 Å². The second-order valence-corrected chi connectivity index (χ2v) is 6.83. The van der Waals surface area contributed by atoms with Gasteiger partial charge in [-0.2, -0.15) is 0 Å². The van der Waals surface area contributed by atoms with Crippen LogP contribution in [0.3, 0.4) is 0 Å². The maximum Gasteiger partial charge on any atom is 0.237 e. The predicted octanol–water partition coefficient (Wildman–Crippen LogP) is 4.41. The van der Waals surface area contributed by atoms with Crippen LogP contribution in [0.25, 0.3) is 0 Å². The summed E-state index contributed by atoms with van der Waals surface area (Å²) in [5.74, 6) is -1.11. The molecular weight excluding hydrogens is 355 g/mol. The van der Waals surface area contributed by atoms with Gasteiger partial charge in [0.1, 0.15) is 11.7 Å². The summed E-state index contributed by atoms with van der Waals surface area (Å²) in [5.41, 5.74) is 3.07. The van der Waals surface area contributed by atoms with Crippen LogP contribution in [-0.4, -0.2) is 43.2 Å². The average molecular weight is 382 g/mol. The molecule has 5 nitrogen and oxygen atoms in total. The van der Waals surface area contributed by atoms with Crippen LogP contribution in [0.2, 0.25) is 0 Å². The van der Waals surface area contributed by atoms with Crippen LogP contribution in [-0.2, 0) is 4.79 Å². The maximum absolute atomic E-state index is 13.5. The van der Waals surface area contributed by atoms with Gasteiger partial charge in [-0.25, -0.2) is 4.39 Å². The van der Waals surface area contributed by atoms with Crippen molar-refractivity contribution in [1.82, 2.24) is 4.90 Å². The van der Waals surface area contributed by atoms with Crippen LogP contribution in [0, 0.1) is 5.82 Å². The highest BCUT2D eigenvalue weighted by Crippen LogP contribution is 2.32. The molecule has 0 radical (unpaired) electrons. The monoisotopic (exact) mass is 382 g/mol. The SMILES string of the molecule is CCN(CC)CCCNc1ccc(N=CC2C(=O)Nc3ccc(F)cc32)cc1. The molecule has 0 aromatic heterocycles. The highest BCUT2D eigenvalue weighted by Gasteiger charge is 2.29. The topological polar surface area (TPSA) is 56.7 Å². The van der Waals surface area contributed by atoms with E-state index < -0.39 is 5.92 Å². The third kappa shape index (κ3) is 4.95. The van der Waals surface area contributed by atoms with Crippen LogP contribution >= 0.6 is 0 Å². The first-order valence-electron chi connectivity index (χ1n) is 9.81. The number of nitrogens with zero attached hydrogens (tertiary/aromatic N) is 2. The van der Waals surface area contributed by atoms with Crippen LogP contribution in [0.15, 0.2) is 47.5 Å². The van der Waals surface area contributed by atoms with Crippen molar-refractivity contribution < 1.29 is 9.18 Å². The Bertz CT molecular complexity index is 831. The minimum atomic E-state index is -0.566. The third-order valence-electron chi connectivity index (χ3n) is 5.00. The summed E-state index contributed by atoms with van der Waals surface area (Å²) in [4.78, 5) is 18.9. The molecule has 1 aliphatic heterocycles. The molecule has 0 aliphatic carbocycles. The Kier molecular flexibility index (Phi) is 6.76. The average Bonchev–Trinajstić information content (AvgIpc) is 3.02. The molecule has 1 amide bonds. The van der Waals surface area contributed by atoms with E-state index in [4.69, 9.17) is 0 Å². The number of rotatable bonds is 9. The van der Waals surface area contributed by atoms with Crippen LogP contribution in [0.1, 0.15) is 31.7 Å². The molecule has 28 heavy (non-hydrogen) atoms. The van der Waals surface area contributed by atoms with E-state index >= 15 is 0 Å². The van der Waals surface area contributed by atoms with Crippen LogP contribution < -0.4 is 10.6 Å². The molecular formula is C22H27FN4O. The highest BCUT2D eigenvalue weighted by atomic mass is 19.1. The molecule has 2 N–H and O–H groups in total. The number of hydrogen-bond donors (Lipinski definition) is 2. The van der Waals surface area contributed by atoms with Gasteiger partial charge in [-0.05, 0) is 74.1 Å². The number of carbonyl (C=O) groups is 1. The number of amides is 1. The molecule has 0 saturated heterocycles. The number of benzene rings is 2. The summed E-state index contributed by atoms with van der Waals surface area (Å²) in [7, 11) is 0. The normalized spacial score (nSPS) is 15.9. The van der Waals surface area contributed by atoms with Gasteiger partial charge >= 0.3 is 0 Å². The number of carbonyl (C=O) groups excluding carboxylic acids is 1. The minimum absolute atomic E-state index is 0.184. The number of aliphatic imine (C=N–C) groups is 1. The van der Waals surface area contributed by atoms with Crippen molar-refractivity contribution in [3.05, 3.63) is 53.8 Å². The van der Waals surface area contributed by atoms with Gasteiger partial charge < -0.3 is 15.5 Å². The van der Waals surface area contributed by atoms with Gasteiger partial charge in [0, 0.05) is 24.1 Å². The van der Waals surface area contributed by atoms with E-state index in [1.807, 2.05) is 24.3 Å². The lowest BCUT2D eigenvalue weighted by Crippen LogP contribution is -2.25. The van der Waals surface area contributed by atoms with Crippen LogP contribution in [0.5, 0.6) is 0 Å². The fraction of sp³-hybridized carbons (Fsp3) is 0.364. The summed E-state index contributed by atoms with van der Waals surface area (Å²) in [6.45, 7) is 8.54. The van der Waals surface area contributed by atoms with Crippen molar-refractivity contribution in [1.29, 1.82) is 0 Å². The largest absolute Gasteiger partial charge is 0.385 e. The minimum Gasteiger partial charge on any atom is -0.385 e. The Balaban J connectivity index is 1.55. The molecule has 0 saturated carbocycles. The van der Waals surface area contributed by atoms with Crippen molar-refractivity contribution in [2.24, 2.45) is 4.99 Å². The summed E-state index contributed by atoms with van der Waals surface area (Å²) >= 11 is 0. The van der Waals surface area contributed by atoms with Gasteiger partial charge in [0.25, 0.3) is 0 Å². The zero-order valence-corrected chi connectivity index (χ0v) is 16.4. The Morgan fingerprint density at radius 1 is 1.18 bits per heavy atom. The van der Waals surface area contributed by atoms with E-state index in [1.165, 1.54) is 12.1 Å². The molecule has 1 aliphatic rings. The van der Waals surface area contributed by atoms with Gasteiger partial charge in [-0.3, -0.25) is 9.79 Å². The molecule has 0 bridgehead atoms. The van der Waals surface area contributed by atoms with Gasteiger partial charge in [0.05, 0.1) is 5.69 Å². The second kappa shape index (κ2) is 9.46. The van der Waals surface area contributed by atoms with Crippen molar-refractivity contribution in [3.8, 4) is 0 Å². The quantitative estimate of drug-likeness (QED) is 0.499. The summed E-state index contributed by atoms with van der Waals surface area (Å²) in [6, 6.07) is 12.1. The lowest BCUT2D eigenvalue weighted by atomic mass is 10.0. The molecule has 1 atom stereocenters. The third-order valence-corrected chi connectivity index (χ3v) is 5.00. The Hall–Kier alpha value is -2.73.